The molecule has 4 N–H and O–H groups in total. The van der Waals surface area contributed by atoms with Crippen LogP contribution in [0.5, 0.6) is 5.75 Å². The number of fused-ring (bicyclic) bond motifs is 1. The van der Waals surface area contributed by atoms with Crippen molar-refractivity contribution in [3.8, 4) is 17.6 Å². The summed E-state index contributed by atoms with van der Waals surface area (Å²) in [6.07, 6.45) is 2.99. The molecular weight excluding hydrogens is 374 g/mol. The second-order valence-electron chi connectivity index (χ2n) is 6.71. The Morgan fingerprint density at radius 1 is 1.31 bits per heavy atom. The van der Waals surface area contributed by atoms with Gasteiger partial charge in [0, 0.05) is 24.5 Å². The number of hydrogen-bond donors (Lipinski definition) is 3. The van der Waals surface area contributed by atoms with Crippen LogP contribution in [0.25, 0.3) is 0 Å². The molecule has 9 nitrogen and oxygen atoms in total. The van der Waals surface area contributed by atoms with Crippen molar-refractivity contribution in [3.05, 3.63) is 53.3 Å². The molecule has 0 bridgehead atoms. The largest absolute Gasteiger partial charge is 0.497 e. The monoisotopic (exact) mass is 391 g/mol. The molecule has 4 rings (SSSR count). The fourth-order valence-electron chi connectivity index (χ4n) is 3.30. The zero-order valence-electron chi connectivity index (χ0n) is 15.5. The molecule has 9 heteroatoms. The molecule has 1 aromatic carbocycles. The predicted octanol–water partition coefficient (Wildman–Crippen LogP) is 0.258. The fourth-order valence-corrected chi connectivity index (χ4v) is 3.30. The Morgan fingerprint density at radius 2 is 2.14 bits per heavy atom. The minimum Gasteiger partial charge on any atom is -0.497 e. The van der Waals surface area contributed by atoms with Crippen molar-refractivity contribution in [1.29, 1.82) is 0 Å². The first-order chi connectivity index (χ1) is 13.9. The molecule has 2 aromatic rings. The number of methoxy groups -OCH3 is 1. The van der Waals surface area contributed by atoms with Crippen molar-refractivity contribution in [2.24, 2.45) is 0 Å². The number of aromatic nitrogens is 1. The van der Waals surface area contributed by atoms with Gasteiger partial charge in [-0.25, -0.2) is 4.79 Å². The second kappa shape index (κ2) is 6.83. The van der Waals surface area contributed by atoms with Gasteiger partial charge >= 0.3 is 6.03 Å². The smallest absolute Gasteiger partial charge is 0.323 e. The normalized spacial score (nSPS) is 19.9. The molecule has 2 aliphatic heterocycles. The number of nitrogens with two attached hydrogens (primary N) is 1. The molecule has 146 valence electrons. The molecule has 3 heterocycles. The first-order valence-electron chi connectivity index (χ1n) is 8.74. The molecular formula is C20H17N5O4. The number of nitrogens with zero attached hydrogens (tertiary/aromatic N) is 2. The van der Waals surface area contributed by atoms with Crippen molar-refractivity contribution in [2.75, 3.05) is 19.4 Å². The number of hydrogen-bond acceptors (Lipinski definition) is 6. The van der Waals surface area contributed by atoms with E-state index >= 15 is 0 Å². The number of ether oxygens (including phenoxy) is 1. The second-order valence-corrected chi connectivity index (χ2v) is 6.71. The van der Waals surface area contributed by atoms with E-state index in [1.165, 1.54) is 24.4 Å². The summed E-state index contributed by atoms with van der Waals surface area (Å²) in [6.45, 7) is 0.174. The summed E-state index contributed by atoms with van der Waals surface area (Å²) in [5.74, 6) is 5.27. The van der Waals surface area contributed by atoms with E-state index in [0.717, 1.165) is 5.56 Å². The quantitative estimate of drug-likeness (QED) is 0.509. The van der Waals surface area contributed by atoms with Crippen LogP contribution < -0.4 is 21.1 Å². The van der Waals surface area contributed by atoms with E-state index in [1.54, 1.807) is 24.3 Å². The highest BCUT2D eigenvalue weighted by Crippen LogP contribution is 2.28. The van der Waals surface area contributed by atoms with Gasteiger partial charge in [-0.15, -0.1) is 0 Å². The van der Waals surface area contributed by atoms with E-state index < -0.39 is 17.5 Å². The molecule has 29 heavy (non-hydrogen) atoms. The Bertz CT molecular complexity index is 1100. The summed E-state index contributed by atoms with van der Waals surface area (Å²) >= 11 is 0. The lowest BCUT2D eigenvalue weighted by molar-refractivity contribution is -0.122. The van der Waals surface area contributed by atoms with E-state index in [9.17, 15) is 14.4 Å². The summed E-state index contributed by atoms with van der Waals surface area (Å²) in [6, 6.07) is 6.13. The third kappa shape index (κ3) is 3.21. The van der Waals surface area contributed by atoms with Gasteiger partial charge in [0.1, 0.15) is 5.75 Å². The van der Waals surface area contributed by atoms with Gasteiger partial charge in [0.2, 0.25) is 5.54 Å². The fraction of sp³-hybridized carbons (Fsp3) is 0.200. The molecule has 0 saturated carbocycles. The lowest BCUT2D eigenvalue weighted by Gasteiger charge is -2.26. The van der Waals surface area contributed by atoms with E-state index in [1.807, 2.05) is 0 Å². The van der Waals surface area contributed by atoms with Crippen LogP contribution >= 0.6 is 0 Å². The number of nitrogen functional groups attached to an aromatic ring is 1. The molecule has 2 aliphatic rings. The summed E-state index contributed by atoms with van der Waals surface area (Å²) in [7, 11) is 1.52. The Morgan fingerprint density at radius 3 is 2.83 bits per heavy atom. The van der Waals surface area contributed by atoms with Gasteiger partial charge in [-0.1, -0.05) is 17.9 Å². The van der Waals surface area contributed by atoms with E-state index in [4.69, 9.17) is 10.5 Å². The Kier molecular flexibility index (Phi) is 4.31. The van der Waals surface area contributed by atoms with E-state index in [2.05, 4.69) is 27.5 Å². The maximum atomic E-state index is 12.9. The summed E-state index contributed by atoms with van der Waals surface area (Å²) in [5, 5.41) is 4.74. The Balaban J connectivity index is 1.66. The number of pyridine rings is 1. The van der Waals surface area contributed by atoms with Crippen molar-refractivity contribution < 1.29 is 19.1 Å². The molecule has 4 amide bonds. The number of benzene rings is 1. The third-order valence-electron chi connectivity index (χ3n) is 4.83. The first-order valence-corrected chi connectivity index (χ1v) is 8.74. The van der Waals surface area contributed by atoms with Crippen LogP contribution in [0.3, 0.4) is 0 Å². The molecule has 1 unspecified atom stereocenters. The van der Waals surface area contributed by atoms with Crippen molar-refractivity contribution in [1.82, 2.24) is 20.5 Å². The average Bonchev–Trinajstić information content (AvgIpc) is 3.16. The summed E-state index contributed by atoms with van der Waals surface area (Å²) in [5.41, 5.74) is 6.39. The molecule has 0 radical (unpaired) electrons. The van der Waals surface area contributed by atoms with Gasteiger partial charge in [0.05, 0.1) is 24.9 Å². The number of anilines is 1. The Labute approximate surface area is 166 Å². The van der Waals surface area contributed by atoms with E-state index in [0.29, 0.717) is 29.1 Å². The van der Waals surface area contributed by atoms with Crippen molar-refractivity contribution >= 4 is 23.5 Å². The predicted molar refractivity (Wildman–Crippen MR) is 103 cm³/mol. The number of amides is 4. The number of urea groups is 1. The highest BCUT2D eigenvalue weighted by atomic mass is 16.5. The minimum atomic E-state index is -1.60. The number of carbonyl (C=O) groups is 3. The number of imide groups is 1. The zero-order chi connectivity index (χ0) is 20.6. The first kappa shape index (κ1) is 18.3. The zero-order valence-corrected chi connectivity index (χ0v) is 15.5. The average molecular weight is 391 g/mol. The highest BCUT2D eigenvalue weighted by Gasteiger charge is 2.48. The van der Waals surface area contributed by atoms with Gasteiger partial charge in [-0.2, -0.15) is 0 Å². The standard InChI is InChI=1S/C20H17N5O4/c1-29-14-3-2-13-10-25(17(26)15(13)8-14)11-20(18(27)23-19(28)24-20)6-4-12-9-22-7-5-16(12)21/h2-3,5,7-9H,10-11H2,1H3,(H2,21,22)(H2,23,24,27,28). The summed E-state index contributed by atoms with van der Waals surface area (Å²) in [4.78, 5) is 42.7. The molecule has 1 saturated heterocycles. The van der Waals surface area contributed by atoms with Crippen molar-refractivity contribution in [2.45, 2.75) is 12.1 Å². The van der Waals surface area contributed by atoms with Crippen LogP contribution in [0.2, 0.25) is 0 Å². The maximum Gasteiger partial charge on any atom is 0.323 e. The van der Waals surface area contributed by atoms with Crippen LogP contribution in [0, 0.1) is 11.8 Å². The van der Waals surface area contributed by atoms with Gasteiger partial charge in [-0.05, 0) is 23.8 Å². The molecule has 1 fully saturated rings. The third-order valence-corrected chi connectivity index (χ3v) is 4.83. The van der Waals surface area contributed by atoms with Crippen LogP contribution in [0.1, 0.15) is 21.5 Å². The van der Waals surface area contributed by atoms with Crippen LogP contribution in [-0.2, 0) is 11.3 Å². The topological polar surface area (TPSA) is 127 Å². The van der Waals surface area contributed by atoms with Crippen molar-refractivity contribution in [3.63, 3.8) is 0 Å². The lowest BCUT2D eigenvalue weighted by atomic mass is 9.99. The van der Waals surface area contributed by atoms with E-state index in [-0.39, 0.29) is 12.5 Å². The van der Waals surface area contributed by atoms with Gasteiger partial charge < -0.3 is 20.7 Å². The highest BCUT2D eigenvalue weighted by molar-refractivity contribution is 6.10. The molecule has 1 aromatic heterocycles. The van der Waals surface area contributed by atoms with Crippen LogP contribution in [0.15, 0.2) is 36.7 Å². The van der Waals surface area contributed by atoms with Gasteiger partial charge in [0.15, 0.2) is 0 Å². The number of carbonyl (C=O) groups excluding carboxylic acids is 3. The molecule has 0 spiro atoms. The van der Waals surface area contributed by atoms with Gasteiger partial charge in [0.25, 0.3) is 11.8 Å². The summed E-state index contributed by atoms with van der Waals surface area (Å²) < 4.78 is 5.17. The SMILES string of the molecule is COc1ccc2c(c1)C(=O)N(CC1(C#Cc3cnccc3N)NC(=O)NC1=O)C2. The number of nitrogens with one attached hydrogen (secondary N) is 2. The minimum absolute atomic E-state index is 0.117. The Hall–Kier alpha value is -4.06. The molecule has 1 atom stereocenters. The number of rotatable bonds is 3. The maximum absolute atomic E-state index is 12.9. The molecule has 0 aliphatic carbocycles. The van der Waals surface area contributed by atoms with Crippen LogP contribution in [-0.4, -0.2) is 46.9 Å². The van der Waals surface area contributed by atoms with Gasteiger partial charge in [-0.3, -0.25) is 19.9 Å². The lowest BCUT2D eigenvalue weighted by Crippen LogP contribution is -2.54. The van der Waals surface area contributed by atoms with Crippen LogP contribution in [0.4, 0.5) is 10.5 Å².